The van der Waals surface area contributed by atoms with E-state index in [-0.39, 0.29) is 5.78 Å². The predicted octanol–water partition coefficient (Wildman–Crippen LogP) is 1.98. The standard InChI is InChI=1S/C9H14N2O/c1-6(2)11-7(3)9(5-10-11)8(4)12/h5-6H,1-4H3. The van der Waals surface area contributed by atoms with Crippen molar-refractivity contribution in [3.8, 4) is 0 Å². The molecule has 1 heterocycles. The van der Waals surface area contributed by atoms with Crippen molar-refractivity contribution in [1.82, 2.24) is 9.78 Å². The van der Waals surface area contributed by atoms with Gasteiger partial charge in [0.2, 0.25) is 0 Å². The quantitative estimate of drug-likeness (QED) is 0.629. The van der Waals surface area contributed by atoms with Crippen LogP contribution in [0.2, 0.25) is 0 Å². The minimum Gasteiger partial charge on any atom is -0.294 e. The predicted molar refractivity (Wildman–Crippen MR) is 47.4 cm³/mol. The molecule has 0 saturated carbocycles. The van der Waals surface area contributed by atoms with Gasteiger partial charge in [-0.15, -0.1) is 0 Å². The first kappa shape index (κ1) is 8.97. The average Bonchev–Trinajstić information content (AvgIpc) is 2.30. The van der Waals surface area contributed by atoms with Crippen LogP contribution < -0.4 is 0 Å². The summed E-state index contributed by atoms with van der Waals surface area (Å²) >= 11 is 0. The van der Waals surface area contributed by atoms with Crippen LogP contribution in [-0.4, -0.2) is 15.6 Å². The zero-order chi connectivity index (χ0) is 9.30. The normalized spacial score (nSPS) is 10.8. The lowest BCUT2D eigenvalue weighted by molar-refractivity contribution is 0.101. The molecule has 0 radical (unpaired) electrons. The van der Waals surface area contributed by atoms with Crippen molar-refractivity contribution in [1.29, 1.82) is 0 Å². The van der Waals surface area contributed by atoms with E-state index < -0.39 is 0 Å². The Bertz CT molecular complexity index is 299. The van der Waals surface area contributed by atoms with E-state index >= 15 is 0 Å². The maximum atomic E-state index is 11.0. The lowest BCUT2D eigenvalue weighted by atomic mass is 10.2. The Morgan fingerprint density at radius 1 is 1.58 bits per heavy atom. The molecule has 0 saturated heterocycles. The summed E-state index contributed by atoms with van der Waals surface area (Å²) < 4.78 is 1.86. The molecule has 0 aromatic carbocycles. The van der Waals surface area contributed by atoms with Gasteiger partial charge in [-0.25, -0.2) is 0 Å². The second kappa shape index (κ2) is 3.09. The van der Waals surface area contributed by atoms with Crippen molar-refractivity contribution in [2.75, 3.05) is 0 Å². The van der Waals surface area contributed by atoms with Crippen molar-refractivity contribution in [2.24, 2.45) is 0 Å². The number of hydrogen-bond donors (Lipinski definition) is 0. The molecule has 1 aromatic heterocycles. The fraction of sp³-hybridized carbons (Fsp3) is 0.556. The molecule has 12 heavy (non-hydrogen) atoms. The van der Waals surface area contributed by atoms with Crippen LogP contribution in [0.15, 0.2) is 6.20 Å². The highest BCUT2D eigenvalue weighted by atomic mass is 16.1. The number of aromatic nitrogens is 2. The molecule has 0 aliphatic carbocycles. The van der Waals surface area contributed by atoms with E-state index in [1.165, 1.54) is 0 Å². The van der Waals surface area contributed by atoms with Gasteiger partial charge in [-0.1, -0.05) is 0 Å². The molecule has 66 valence electrons. The molecule has 0 amide bonds. The summed E-state index contributed by atoms with van der Waals surface area (Å²) in [6.45, 7) is 7.58. The molecule has 3 nitrogen and oxygen atoms in total. The van der Waals surface area contributed by atoms with E-state index in [0.717, 1.165) is 11.3 Å². The number of carbonyl (C=O) groups is 1. The van der Waals surface area contributed by atoms with E-state index in [9.17, 15) is 4.79 Å². The van der Waals surface area contributed by atoms with Crippen molar-refractivity contribution < 1.29 is 4.79 Å². The third-order valence-electron chi connectivity index (χ3n) is 1.91. The van der Waals surface area contributed by atoms with Crippen LogP contribution in [0.4, 0.5) is 0 Å². The molecule has 0 N–H and O–H groups in total. The zero-order valence-electron chi connectivity index (χ0n) is 7.96. The molecule has 0 unspecified atom stereocenters. The van der Waals surface area contributed by atoms with Crippen LogP contribution in [0.1, 0.15) is 42.9 Å². The monoisotopic (exact) mass is 166 g/mol. The number of ketones is 1. The van der Waals surface area contributed by atoms with Crippen molar-refractivity contribution >= 4 is 5.78 Å². The van der Waals surface area contributed by atoms with Gasteiger partial charge in [0.25, 0.3) is 0 Å². The first-order valence-corrected chi connectivity index (χ1v) is 4.09. The molecule has 0 atom stereocenters. The second-order valence-corrected chi connectivity index (χ2v) is 3.24. The Morgan fingerprint density at radius 2 is 2.17 bits per heavy atom. The number of hydrogen-bond acceptors (Lipinski definition) is 2. The Morgan fingerprint density at radius 3 is 2.42 bits per heavy atom. The van der Waals surface area contributed by atoms with E-state index in [1.54, 1.807) is 13.1 Å². The molecule has 0 aliphatic heterocycles. The van der Waals surface area contributed by atoms with Gasteiger partial charge < -0.3 is 0 Å². The third kappa shape index (κ3) is 1.40. The van der Waals surface area contributed by atoms with E-state index in [4.69, 9.17) is 0 Å². The SMILES string of the molecule is CC(=O)c1cnn(C(C)C)c1C. The average molecular weight is 166 g/mol. The van der Waals surface area contributed by atoms with Gasteiger partial charge in [0.05, 0.1) is 11.8 Å². The zero-order valence-corrected chi connectivity index (χ0v) is 7.96. The molecule has 1 aromatic rings. The van der Waals surface area contributed by atoms with E-state index in [2.05, 4.69) is 5.10 Å². The highest BCUT2D eigenvalue weighted by Crippen LogP contribution is 2.12. The van der Waals surface area contributed by atoms with E-state index in [1.807, 2.05) is 25.5 Å². The lowest BCUT2D eigenvalue weighted by Crippen LogP contribution is -2.05. The molecule has 0 spiro atoms. The Balaban J connectivity index is 3.13. The van der Waals surface area contributed by atoms with Crippen LogP contribution in [0, 0.1) is 6.92 Å². The Labute approximate surface area is 72.4 Å². The molecule has 0 fully saturated rings. The Hall–Kier alpha value is -1.12. The fourth-order valence-corrected chi connectivity index (χ4v) is 1.29. The summed E-state index contributed by atoms with van der Waals surface area (Å²) in [5, 5.41) is 4.13. The molecular weight excluding hydrogens is 152 g/mol. The summed E-state index contributed by atoms with van der Waals surface area (Å²) in [7, 11) is 0. The van der Waals surface area contributed by atoms with Gasteiger partial charge in [0, 0.05) is 11.7 Å². The molecule has 0 aliphatic rings. The Kier molecular flexibility index (Phi) is 2.31. The van der Waals surface area contributed by atoms with Gasteiger partial charge in [-0.3, -0.25) is 9.48 Å². The van der Waals surface area contributed by atoms with Gasteiger partial charge in [-0.2, -0.15) is 5.10 Å². The van der Waals surface area contributed by atoms with Gasteiger partial charge in [0.15, 0.2) is 5.78 Å². The minimum absolute atomic E-state index is 0.0828. The first-order chi connectivity index (χ1) is 5.54. The summed E-state index contributed by atoms with van der Waals surface area (Å²) in [6, 6.07) is 0.318. The van der Waals surface area contributed by atoms with Gasteiger partial charge in [-0.05, 0) is 27.7 Å². The van der Waals surface area contributed by atoms with Crippen molar-refractivity contribution in [3.05, 3.63) is 17.5 Å². The first-order valence-electron chi connectivity index (χ1n) is 4.09. The largest absolute Gasteiger partial charge is 0.294 e. The maximum absolute atomic E-state index is 11.0. The summed E-state index contributed by atoms with van der Waals surface area (Å²) in [5.41, 5.74) is 1.68. The summed E-state index contributed by atoms with van der Waals surface area (Å²) in [6.07, 6.45) is 1.64. The lowest BCUT2D eigenvalue weighted by Gasteiger charge is -2.07. The topological polar surface area (TPSA) is 34.9 Å². The number of nitrogens with zero attached hydrogens (tertiary/aromatic N) is 2. The van der Waals surface area contributed by atoms with Crippen LogP contribution in [0.3, 0.4) is 0 Å². The third-order valence-corrected chi connectivity index (χ3v) is 1.91. The van der Waals surface area contributed by atoms with Gasteiger partial charge >= 0.3 is 0 Å². The fourth-order valence-electron chi connectivity index (χ4n) is 1.29. The minimum atomic E-state index is 0.0828. The molecule has 3 heteroatoms. The van der Waals surface area contributed by atoms with Crippen LogP contribution in [-0.2, 0) is 0 Å². The highest BCUT2D eigenvalue weighted by molar-refractivity contribution is 5.94. The van der Waals surface area contributed by atoms with Crippen LogP contribution >= 0.6 is 0 Å². The van der Waals surface area contributed by atoms with Crippen molar-refractivity contribution in [3.63, 3.8) is 0 Å². The highest BCUT2D eigenvalue weighted by Gasteiger charge is 2.11. The summed E-state index contributed by atoms with van der Waals surface area (Å²) in [4.78, 5) is 11.0. The maximum Gasteiger partial charge on any atom is 0.163 e. The van der Waals surface area contributed by atoms with E-state index in [0.29, 0.717) is 6.04 Å². The second-order valence-electron chi connectivity index (χ2n) is 3.24. The smallest absolute Gasteiger partial charge is 0.163 e. The van der Waals surface area contributed by atoms with Crippen molar-refractivity contribution in [2.45, 2.75) is 33.7 Å². The molecular formula is C9H14N2O. The van der Waals surface area contributed by atoms with Gasteiger partial charge in [0.1, 0.15) is 0 Å². The molecule has 1 rings (SSSR count). The number of Topliss-reactive ketones (excluding diaryl/α,β-unsaturated/α-hetero) is 1. The number of rotatable bonds is 2. The summed E-state index contributed by atoms with van der Waals surface area (Å²) in [5.74, 6) is 0.0828. The van der Waals surface area contributed by atoms with Crippen LogP contribution in [0.25, 0.3) is 0 Å². The van der Waals surface area contributed by atoms with Crippen LogP contribution in [0.5, 0.6) is 0 Å². The number of carbonyl (C=O) groups excluding carboxylic acids is 1. The molecule has 0 bridgehead atoms.